The Labute approximate surface area is 143 Å². The van der Waals surface area contributed by atoms with Gasteiger partial charge in [-0.15, -0.1) is 0 Å². The molecular weight excluding hydrogens is 298 g/mol. The van der Waals surface area contributed by atoms with Crippen molar-refractivity contribution >= 4 is 22.5 Å². The number of fused-ring (bicyclic) bond motifs is 2. The van der Waals surface area contributed by atoms with Gasteiger partial charge in [0.15, 0.2) is 6.54 Å². The third-order valence-electron chi connectivity index (χ3n) is 5.47. The largest absolute Gasteiger partial charge is 0.336 e. The van der Waals surface area contributed by atoms with Crippen molar-refractivity contribution in [1.82, 2.24) is 4.98 Å². The Bertz CT molecular complexity index is 750. The molecule has 0 radical (unpaired) electrons. The van der Waals surface area contributed by atoms with Crippen LogP contribution in [0.5, 0.6) is 0 Å². The summed E-state index contributed by atoms with van der Waals surface area (Å²) in [6.45, 7) is 0.524. The molecule has 0 atom stereocenters. The molecule has 2 aromatic rings. The number of pyridine rings is 1. The molecule has 24 heavy (non-hydrogen) atoms. The number of hydrogen-bond donors (Lipinski definition) is 2. The number of amides is 1. The summed E-state index contributed by atoms with van der Waals surface area (Å²) >= 11 is 0. The first-order chi connectivity index (χ1) is 11.8. The Balaban J connectivity index is 1.52. The summed E-state index contributed by atoms with van der Waals surface area (Å²) in [5.74, 6) is 0.117. The zero-order valence-electron chi connectivity index (χ0n) is 14.2. The van der Waals surface area contributed by atoms with E-state index in [9.17, 15) is 4.79 Å². The number of para-hydroxylation sites is 1. The Hall–Kier alpha value is -1.94. The van der Waals surface area contributed by atoms with E-state index in [-0.39, 0.29) is 5.91 Å². The highest BCUT2D eigenvalue weighted by Crippen LogP contribution is 2.33. The van der Waals surface area contributed by atoms with Crippen LogP contribution in [0.4, 0.5) is 5.69 Å². The number of anilines is 1. The smallest absolute Gasteiger partial charge is 0.279 e. The highest BCUT2D eigenvalue weighted by atomic mass is 16.1. The van der Waals surface area contributed by atoms with E-state index in [4.69, 9.17) is 4.98 Å². The lowest BCUT2D eigenvalue weighted by Gasteiger charge is -2.20. The van der Waals surface area contributed by atoms with Crippen molar-refractivity contribution in [3.63, 3.8) is 0 Å². The van der Waals surface area contributed by atoms with Crippen molar-refractivity contribution in [2.45, 2.75) is 57.4 Å². The van der Waals surface area contributed by atoms with E-state index in [1.54, 1.807) is 0 Å². The lowest BCUT2D eigenvalue weighted by molar-refractivity contribution is -0.681. The molecule has 1 heterocycles. The molecule has 1 fully saturated rings. The van der Waals surface area contributed by atoms with Gasteiger partial charge >= 0.3 is 0 Å². The summed E-state index contributed by atoms with van der Waals surface area (Å²) in [4.78, 5) is 17.3. The fraction of sp³-hybridized carbons (Fsp3) is 0.500. The van der Waals surface area contributed by atoms with Crippen LogP contribution in [0.1, 0.15) is 49.8 Å². The third-order valence-corrected chi connectivity index (χ3v) is 5.47. The molecule has 0 unspecified atom stereocenters. The van der Waals surface area contributed by atoms with Crippen molar-refractivity contribution in [2.75, 3.05) is 11.9 Å². The topological polar surface area (TPSA) is 58.6 Å². The predicted octanol–water partition coefficient (Wildman–Crippen LogP) is 2.56. The van der Waals surface area contributed by atoms with Gasteiger partial charge in [-0.05, 0) is 56.6 Å². The van der Waals surface area contributed by atoms with Crippen molar-refractivity contribution in [1.29, 1.82) is 0 Å². The van der Waals surface area contributed by atoms with E-state index in [2.05, 4.69) is 16.7 Å². The zero-order valence-corrected chi connectivity index (χ0v) is 14.2. The molecule has 0 saturated heterocycles. The SMILES string of the molecule is O=C(C[NH2+]C1CCCCC1)Nc1c2c(nc3ccccc13)CCC2. The zero-order chi connectivity index (χ0) is 16.4. The average molecular weight is 324 g/mol. The number of carbonyl (C=O) groups is 1. The van der Waals surface area contributed by atoms with Gasteiger partial charge in [0.05, 0.1) is 17.2 Å². The van der Waals surface area contributed by atoms with Gasteiger partial charge in [-0.25, -0.2) is 0 Å². The molecule has 0 bridgehead atoms. The maximum Gasteiger partial charge on any atom is 0.279 e. The molecule has 0 spiro atoms. The van der Waals surface area contributed by atoms with E-state index in [0.29, 0.717) is 12.6 Å². The predicted molar refractivity (Wildman–Crippen MR) is 96.1 cm³/mol. The minimum atomic E-state index is 0.117. The molecule has 1 amide bonds. The van der Waals surface area contributed by atoms with Gasteiger partial charge in [-0.2, -0.15) is 0 Å². The van der Waals surface area contributed by atoms with Crippen LogP contribution in [0.2, 0.25) is 0 Å². The molecule has 1 saturated carbocycles. The van der Waals surface area contributed by atoms with Gasteiger partial charge < -0.3 is 10.6 Å². The van der Waals surface area contributed by atoms with Crippen LogP contribution < -0.4 is 10.6 Å². The fourth-order valence-electron chi connectivity index (χ4n) is 4.19. The molecule has 2 aliphatic carbocycles. The van der Waals surface area contributed by atoms with Crippen molar-refractivity contribution in [3.8, 4) is 0 Å². The standard InChI is InChI=1S/C20H25N3O/c24-19(13-21-14-7-2-1-3-8-14)23-20-15-9-4-5-11-17(15)22-18-12-6-10-16(18)20/h4-5,9,11,14,21H,1-3,6-8,10,12-13H2,(H,22,23,24)/p+1. The second kappa shape index (κ2) is 6.89. The molecule has 4 heteroatoms. The number of rotatable bonds is 4. The lowest BCUT2D eigenvalue weighted by Crippen LogP contribution is -2.91. The minimum Gasteiger partial charge on any atom is -0.336 e. The van der Waals surface area contributed by atoms with Crippen LogP contribution in [-0.2, 0) is 17.6 Å². The quantitative estimate of drug-likeness (QED) is 0.908. The fourth-order valence-corrected chi connectivity index (χ4v) is 4.19. The molecule has 1 aromatic heterocycles. The molecule has 126 valence electrons. The monoisotopic (exact) mass is 324 g/mol. The number of carbonyl (C=O) groups excluding carboxylic acids is 1. The van der Waals surface area contributed by atoms with Crippen LogP contribution in [0.15, 0.2) is 24.3 Å². The molecule has 0 aliphatic heterocycles. The van der Waals surface area contributed by atoms with Crippen LogP contribution in [-0.4, -0.2) is 23.5 Å². The second-order valence-corrected chi connectivity index (χ2v) is 7.17. The Morgan fingerprint density at radius 2 is 1.96 bits per heavy atom. The van der Waals surface area contributed by atoms with Gasteiger partial charge in [0.1, 0.15) is 0 Å². The molecular formula is C20H26N3O+. The second-order valence-electron chi connectivity index (χ2n) is 7.17. The van der Waals surface area contributed by atoms with E-state index in [0.717, 1.165) is 35.9 Å². The normalized spacial score (nSPS) is 17.8. The maximum absolute atomic E-state index is 12.5. The summed E-state index contributed by atoms with van der Waals surface area (Å²) < 4.78 is 0. The summed E-state index contributed by atoms with van der Waals surface area (Å²) in [6, 6.07) is 8.78. The van der Waals surface area contributed by atoms with Gasteiger partial charge in [0.2, 0.25) is 0 Å². The van der Waals surface area contributed by atoms with E-state index < -0.39 is 0 Å². The molecule has 4 nitrogen and oxygen atoms in total. The summed E-state index contributed by atoms with van der Waals surface area (Å²) in [7, 11) is 0. The summed E-state index contributed by atoms with van der Waals surface area (Å²) in [6.07, 6.45) is 9.66. The third kappa shape index (κ3) is 3.16. The first kappa shape index (κ1) is 15.6. The maximum atomic E-state index is 12.5. The van der Waals surface area contributed by atoms with Crippen LogP contribution >= 0.6 is 0 Å². The van der Waals surface area contributed by atoms with E-state index in [1.165, 1.54) is 43.4 Å². The number of nitrogens with one attached hydrogen (secondary N) is 1. The highest BCUT2D eigenvalue weighted by Gasteiger charge is 2.22. The number of aryl methyl sites for hydroxylation is 1. The first-order valence-corrected chi connectivity index (χ1v) is 9.35. The van der Waals surface area contributed by atoms with E-state index in [1.807, 2.05) is 18.2 Å². The summed E-state index contributed by atoms with van der Waals surface area (Å²) in [5, 5.41) is 6.52. The van der Waals surface area contributed by atoms with Crippen molar-refractivity contribution in [2.24, 2.45) is 0 Å². The number of benzene rings is 1. The number of quaternary nitrogens is 1. The summed E-state index contributed by atoms with van der Waals surface area (Å²) in [5.41, 5.74) is 4.42. The average Bonchev–Trinajstić information content (AvgIpc) is 3.09. The van der Waals surface area contributed by atoms with Gasteiger partial charge in [-0.1, -0.05) is 24.6 Å². The van der Waals surface area contributed by atoms with Crippen molar-refractivity contribution in [3.05, 3.63) is 35.5 Å². The number of nitrogens with zero attached hydrogens (tertiary/aromatic N) is 1. The Morgan fingerprint density at radius 3 is 2.83 bits per heavy atom. The van der Waals surface area contributed by atoms with Crippen LogP contribution in [0, 0.1) is 0 Å². The van der Waals surface area contributed by atoms with Crippen LogP contribution in [0.25, 0.3) is 10.9 Å². The molecule has 3 N–H and O–H groups in total. The number of hydrogen-bond acceptors (Lipinski definition) is 2. The number of nitrogens with two attached hydrogens (primary N) is 1. The minimum absolute atomic E-state index is 0.117. The Morgan fingerprint density at radius 1 is 1.12 bits per heavy atom. The van der Waals surface area contributed by atoms with E-state index >= 15 is 0 Å². The Kier molecular flexibility index (Phi) is 4.48. The highest BCUT2D eigenvalue weighted by molar-refractivity contribution is 6.03. The lowest BCUT2D eigenvalue weighted by atomic mass is 9.95. The van der Waals surface area contributed by atoms with Gasteiger partial charge in [-0.3, -0.25) is 9.78 Å². The number of aromatic nitrogens is 1. The molecule has 1 aromatic carbocycles. The van der Waals surface area contributed by atoms with Crippen LogP contribution in [0.3, 0.4) is 0 Å². The first-order valence-electron chi connectivity index (χ1n) is 9.35. The van der Waals surface area contributed by atoms with Gasteiger partial charge in [0, 0.05) is 11.1 Å². The van der Waals surface area contributed by atoms with Gasteiger partial charge in [0.25, 0.3) is 5.91 Å². The molecule has 4 rings (SSSR count). The molecule has 2 aliphatic rings. The van der Waals surface area contributed by atoms with Crippen molar-refractivity contribution < 1.29 is 10.1 Å².